The van der Waals surface area contributed by atoms with Gasteiger partial charge in [0.1, 0.15) is 6.10 Å². The molecule has 7 nitrogen and oxygen atoms in total. The van der Waals surface area contributed by atoms with E-state index in [1.165, 1.54) is 12.8 Å². The van der Waals surface area contributed by atoms with Crippen molar-refractivity contribution in [1.29, 1.82) is 0 Å². The highest BCUT2D eigenvalue weighted by molar-refractivity contribution is 5.39. The number of nitrogens with zero attached hydrogens (tertiary/aromatic N) is 5. The number of fused-ring (bicyclic) bond motifs is 1. The molecule has 0 aromatic carbocycles. The van der Waals surface area contributed by atoms with Crippen LogP contribution in [0.5, 0.6) is 0 Å². The molecule has 120 valence electrons. The Morgan fingerprint density at radius 2 is 1.91 bits per heavy atom. The molecule has 0 bridgehead atoms. The number of rotatable bonds is 3. The van der Waals surface area contributed by atoms with Gasteiger partial charge in [-0.05, 0) is 38.3 Å². The lowest BCUT2D eigenvalue weighted by Gasteiger charge is -2.18. The quantitative estimate of drug-likeness (QED) is 0.857. The Hall–Kier alpha value is -2.02. The van der Waals surface area contributed by atoms with Crippen LogP contribution in [0.3, 0.4) is 0 Å². The zero-order chi connectivity index (χ0) is 15.4. The van der Waals surface area contributed by atoms with Gasteiger partial charge in [-0.25, -0.2) is 0 Å². The Morgan fingerprint density at radius 1 is 1.04 bits per heavy atom. The molecule has 2 aromatic heterocycles. The highest BCUT2D eigenvalue weighted by atomic mass is 16.5. The van der Waals surface area contributed by atoms with Gasteiger partial charge >= 0.3 is 0 Å². The summed E-state index contributed by atoms with van der Waals surface area (Å²) in [5, 5.41) is 16.8. The third-order valence-corrected chi connectivity index (χ3v) is 5.00. The van der Waals surface area contributed by atoms with Crippen molar-refractivity contribution in [3.63, 3.8) is 0 Å². The van der Waals surface area contributed by atoms with Gasteiger partial charge in [-0.2, -0.15) is 5.10 Å². The molecule has 5 rings (SSSR count). The maximum absolute atomic E-state index is 6.17. The first-order chi connectivity index (χ1) is 11.3. The van der Waals surface area contributed by atoms with Crippen LogP contribution in [0.25, 0.3) is 0 Å². The third kappa shape index (κ3) is 2.39. The van der Waals surface area contributed by atoms with E-state index >= 15 is 0 Å². The third-order valence-electron chi connectivity index (χ3n) is 5.00. The van der Waals surface area contributed by atoms with Gasteiger partial charge in [-0.3, -0.25) is 0 Å². The number of ether oxygens (including phenoxy) is 1. The predicted molar refractivity (Wildman–Crippen MR) is 81.0 cm³/mol. The Bertz CT molecular complexity index is 698. The molecule has 0 unspecified atom stereocenters. The standard InChI is InChI=1S/C16H19N5O2/c1-9-2-5-14(18-17-9)21-7-11-6-12(22-13(11)8-21)16-20-19-15(23-16)10-3-4-10/h2,5,10-13H,3-4,6-8H2,1H3/t11-,12-,13+/m0/s1. The Labute approximate surface area is 134 Å². The summed E-state index contributed by atoms with van der Waals surface area (Å²) < 4.78 is 12.0. The fourth-order valence-electron chi connectivity index (χ4n) is 3.54. The average molecular weight is 313 g/mol. The van der Waals surface area contributed by atoms with Crippen molar-refractivity contribution in [2.75, 3.05) is 18.0 Å². The van der Waals surface area contributed by atoms with Gasteiger partial charge in [0.15, 0.2) is 5.82 Å². The van der Waals surface area contributed by atoms with E-state index in [1.54, 1.807) is 0 Å². The molecular formula is C16H19N5O2. The van der Waals surface area contributed by atoms with Crippen LogP contribution in [-0.4, -0.2) is 39.6 Å². The molecule has 2 saturated heterocycles. The Balaban J connectivity index is 1.26. The van der Waals surface area contributed by atoms with Crippen molar-refractivity contribution in [3.8, 4) is 0 Å². The molecule has 0 radical (unpaired) electrons. The zero-order valence-electron chi connectivity index (χ0n) is 13.1. The monoisotopic (exact) mass is 313 g/mol. The minimum atomic E-state index is -0.0451. The van der Waals surface area contributed by atoms with E-state index in [9.17, 15) is 0 Å². The Kier molecular flexibility index (Phi) is 2.91. The van der Waals surface area contributed by atoms with Crippen LogP contribution in [0.4, 0.5) is 5.82 Å². The molecular weight excluding hydrogens is 294 g/mol. The lowest BCUT2D eigenvalue weighted by molar-refractivity contribution is 0.0329. The number of aromatic nitrogens is 4. The van der Waals surface area contributed by atoms with E-state index in [4.69, 9.17) is 9.15 Å². The SMILES string of the molecule is Cc1ccc(N2C[C@@H]3C[C@@H](c4nnc(C5CC5)o4)O[C@@H]3C2)nn1. The molecule has 0 spiro atoms. The molecule has 4 heterocycles. The first kappa shape index (κ1) is 13.4. The van der Waals surface area contributed by atoms with Crippen LogP contribution in [0.2, 0.25) is 0 Å². The maximum atomic E-state index is 6.17. The average Bonchev–Trinajstić information content (AvgIpc) is 2.97. The van der Waals surface area contributed by atoms with Crippen molar-refractivity contribution >= 4 is 5.82 Å². The lowest BCUT2D eigenvalue weighted by Crippen LogP contribution is -2.24. The van der Waals surface area contributed by atoms with Gasteiger partial charge in [0.2, 0.25) is 11.8 Å². The van der Waals surface area contributed by atoms with Gasteiger partial charge in [0.25, 0.3) is 0 Å². The number of aryl methyl sites for hydroxylation is 1. The summed E-state index contributed by atoms with van der Waals surface area (Å²) in [6.07, 6.45) is 3.44. The highest BCUT2D eigenvalue weighted by Gasteiger charge is 2.45. The van der Waals surface area contributed by atoms with E-state index < -0.39 is 0 Å². The molecule has 2 aromatic rings. The van der Waals surface area contributed by atoms with Gasteiger partial charge in [-0.1, -0.05) is 0 Å². The fourth-order valence-corrected chi connectivity index (χ4v) is 3.54. The summed E-state index contributed by atoms with van der Waals surface area (Å²) in [5.74, 6) is 3.35. The minimum Gasteiger partial charge on any atom is -0.422 e. The van der Waals surface area contributed by atoms with Crippen molar-refractivity contribution < 1.29 is 9.15 Å². The molecule has 23 heavy (non-hydrogen) atoms. The van der Waals surface area contributed by atoms with Gasteiger partial charge in [0, 0.05) is 24.9 Å². The molecule has 1 saturated carbocycles. The van der Waals surface area contributed by atoms with Crippen molar-refractivity contribution in [2.24, 2.45) is 5.92 Å². The minimum absolute atomic E-state index is 0.0451. The molecule has 7 heteroatoms. The maximum Gasteiger partial charge on any atom is 0.245 e. The normalized spacial score (nSPS) is 30.0. The molecule has 0 amide bonds. The zero-order valence-corrected chi connectivity index (χ0v) is 13.1. The molecule has 1 aliphatic carbocycles. The first-order valence-electron chi connectivity index (χ1n) is 8.30. The molecule has 0 N–H and O–H groups in total. The summed E-state index contributed by atoms with van der Waals surface area (Å²) in [7, 11) is 0. The van der Waals surface area contributed by atoms with E-state index in [-0.39, 0.29) is 12.2 Å². The van der Waals surface area contributed by atoms with E-state index in [1.807, 2.05) is 19.1 Å². The second kappa shape index (κ2) is 4.99. The highest BCUT2D eigenvalue weighted by Crippen LogP contribution is 2.43. The second-order valence-corrected chi connectivity index (χ2v) is 6.85. The first-order valence-corrected chi connectivity index (χ1v) is 8.30. The predicted octanol–water partition coefficient (Wildman–Crippen LogP) is 2.01. The number of hydrogen-bond donors (Lipinski definition) is 0. The molecule has 3 atom stereocenters. The van der Waals surface area contributed by atoms with Gasteiger partial charge in [-0.15, -0.1) is 15.3 Å². The van der Waals surface area contributed by atoms with Crippen molar-refractivity contribution in [2.45, 2.75) is 44.3 Å². The van der Waals surface area contributed by atoms with E-state index in [0.29, 0.717) is 17.7 Å². The largest absolute Gasteiger partial charge is 0.422 e. The van der Waals surface area contributed by atoms with Crippen LogP contribution < -0.4 is 4.90 Å². The van der Waals surface area contributed by atoms with E-state index in [0.717, 1.165) is 36.9 Å². The smallest absolute Gasteiger partial charge is 0.245 e. The topological polar surface area (TPSA) is 77.2 Å². The molecule has 3 aliphatic rings. The van der Waals surface area contributed by atoms with Crippen LogP contribution in [0.15, 0.2) is 16.5 Å². The van der Waals surface area contributed by atoms with Crippen molar-refractivity contribution in [3.05, 3.63) is 29.6 Å². The summed E-state index contributed by atoms with van der Waals surface area (Å²) in [6, 6.07) is 4.03. The number of anilines is 1. The lowest BCUT2D eigenvalue weighted by atomic mass is 10.0. The Morgan fingerprint density at radius 3 is 2.65 bits per heavy atom. The van der Waals surface area contributed by atoms with Crippen LogP contribution in [0.1, 0.15) is 48.8 Å². The number of hydrogen-bond acceptors (Lipinski definition) is 7. The van der Waals surface area contributed by atoms with Crippen LogP contribution in [-0.2, 0) is 4.74 Å². The van der Waals surface area contributed by atoms with Crippen molar-refractivity contribution in [1.82, 2.24) is 20.4 Å². The van der Waals surface area contributed by atoms with E-state index in [2.05, 4.69) is 25.3 Å². The molecule has 2 aliphatic heterocycles. The fraction of sp³-hybridized carbons (Fsp3) is 0.625. The summed E-state index contributed by atoms with van der Waals surface area (Å²) in [5.41, 5.74) is 0.937. The van der Waals surface area contributed by atoms with Crippen LogP contribution in [0, 0.1) is 12.8 Å². The van der Waals surface area contributed by atoms with Crippen LogP contribution >= 0.6 is 0 Å². The summed E-state index contributed by atoms with van der Waals surface area (Å²) >= 11 is 0. The summed E-state index contributed by atoms with van der Waals surface area (Å²) in [6.45, 7) is 3.74. The molecule has 3 fully saturated rings. The van der Waals surface area contributed by atoms with Gasteiger partial charge < -0.3 is 14.1 Å². The summed E-state index contributed by atoms with van der Waals surface area (Å²) in [4.78, 5) is 2.25. The van der Waals surface area contributed by atoms with Gasteiger partial charge in [0.05, 0.1) is 11.8 Å². The second-order valence-electron chi connectivity index (χ2n) is 6.85.